The Morgan fingerprint density at radius 1 is 0.864 bits per heavy atom. The van der Waals surface area contributed by atoms with Crippen LogP contribution >= 0.6 is 0 Å². The number of hydrogen-bond donors (Lipinski definition) is 0. The summed E-state index contributed by atoms with van der Waals surface area (Å²) in [5.41, 5.74) is 2.93. The van der Waals surface area contributed by atoms with Gasteiger partial charge in [0.05, 0.1) is 6.61 Å². The monoisotopic (exact) mass is 607 g/mol. The molecule has 0 aliphatic carbocycles. The Morgan fingerprint density at radius 2 is 1.39 bits per heavy atom. The van der Waals surface area contributed by atoms with Gasteiger partial charge in [0.25, 0.3) is 0 Å². The second-order valence-electron chi connectivity index (χ2n) is 12.2. The van der Waals surface area contributed by atoms with Crippen LogP contribution in [0.3, 0.4) is 0 Å². The molecule has 1 fully saturated rings. The van der Waals surface area contributed by atoms with E-state index in [0.29, 0.717) is 32.5 Å². The standard InChI is InChI=1S/C35H37F2NO5.H2O/c1-34(2,3)27-9-15-30(16-10-27)41-22-4-20-38-21-19-26(23-35(38)42-31(39)17-18-32(40)43-35)33(24-5-11-28(36)12-6-24)25-7-13-29(37)14-8-25;/h5-18,26,33H,4,19-23H2,1-3H3;1H2. The summed E-state index contributed by atoms with van der Waals surface area (Å²) >= 11 is 0. The molecule has 0 amide bonds. The highest BCUT2D eigenvalue weighted by molar-refractivity contribution is 5.93. The molecular weight excluding hydrogens is 568 g/mol. The number of carbonyl (C=O) groups excluding carboxylic acids is 2. The van der Waals surface area contributed by atoms with Crippen molar-refractivity contribution in [2.24, 2.45) is 5.92 Å². The van der Waals surface area contributed by atoms with Crippen LogP contribution in [-0.4, -0.2) is 47.9 Å². The summed E-state index contributed by atoms with van der Waals surface area (Å²) in [6.07, 6.45) is 3.58. The van der Waals surface area contributed by atoms with E-state index in [1.807, 2.05) is 17.0 Å². The van der Waals surface area contributed by atoms with Gasteiger partial charge in [-0.3, -0.25) is 0 Å². The summed E-state index contributed by atoms with van der Waals surface area (Å²) in [7, 11) is 0. The first kappa shape index (κ1) is 32.8. The Hall–Kier alpha value is -4.08. The maximum atomic E-state index is 13.8. The van der Waals surface area contributed by atoms with Crippen LogP contribution < -0.4 is 4.74 Å². The van der Waals surface area contributed by atoms with Crippen molar-refractivity contribution in [2.45, 2.75) is 57.3 Å². The Kier molecular flexibility index (Phi) is 10.2. The molecule has 44 heavy (non-hydrogen) atoms. The highest BCUT2D eigenvalue weighted by atomic mass is 19.1. The third kappa shape index (κ3) is 7.70. The van der Waals surface area contributed by atoms with Crippen molar-refractivity contribution in [1.29, 1.82) is 0 Å². The van der Waals surface area contributed by atoms with Crippen LogP contribution in [0.25, 0.3) is 0 Å². The lowest BCUT2D eigenvalue weighted by Gasteiger charge is -2.48. The number of piperidine rings is 1. The quantitative estimate of drug-likeness (QED) is 0.228. The van der Waals surface area contributed by atoms with Crippen LogP contribution in [0, 0.1) is 17.6 Å². The van der Waals surface area contributed by atoms with Crippen molar-refractivity contribution in [3.05, 3.63) is 113 Å². The lowest BCUT2D eigenvalue weighted by molar-refractivity contribution is -0.300. The molecule has 0 aromatic heterocycles. The summed E-state index contributed by atoms with van der Waals surface area (Å²) in [5.74, 6) is -3.40. The molecular formula is C35H39F2NO6. The minimum Gasteiger partial charge on any atom is -0.494 e. The lowest BCUT2D eigenvalue weighted by atomic mass is 9.75. The predicted molar refractivity (Wildman–Crippen MR) is 162 cm³/mol. The van der Waals surface area contributed by atoms with Crippen molar-refractivity contribution >= 4 is 11.9 Å². The average Bonchev–Trinajstić information content (AvgIpc) is 3.11. The number of ether oxygens (including phenoxy) is 3. The van der Waals surface area contributed by atoms with E-state index >= 15 is 0 Å². The summed E-state index contributed by atoms with van der Waals surface area (Å²) in [5, 5.41) is 0. The number of halogens is 2. The van der Waals surface area contributed by atoms with Crippen LogP contribution in [0.1, 0.15) is 62.6 Å². The van der Waals surface area contributed by atoms with Crippen molar-refractivity contribution in [3.8, 4) is 5.75 Å². The highest BCUT2D eigenvalue weighted by Gasteiger charge is 2.51. The van der Waals surface area contributed by atoms with Gasteiger partial charge in [0, 0.05) is 37.6 Å². The lowest BCUT2D eigenvalue weighted by Crippen LogP contribution is -2.59. The van der Waals surface area contributed by atoms with Gasteiger partial charge < -0.3 is 19.7 Å². The van der Waals surface area contributed by atoms with Crippen LogP contribution in [0.15, 0.2) is 84.9 Å². The number of benzene rings is 3. The zero-order chi connectivity index (χ0) is 30.6. The molecule has 2 aliphatic rings. The third-order valence-electron chi connectivity index (χ3n) is 8.14. The van der Waals surface area contributed by atoms with Gasteiger partial charge in [-0.05, 0) is 77.3 Å². The molecule has 0 bridgehead atoms. The molecule has 3 aromatic carbocycles. The SMILES string of the molecule is CC(C)(C)c1ccc(OCCCN2CCC(C(c3ccc(F)cc3)c3ccc(F)cc3)CC23OC(=O)C=CC(=O)O3)cc1.O. The van der Waals surface area contributed by atoms with E-state index in [2.05, 4.69) is 32.9 Å². The fraction of sp³-hybridized carbons (Fsp3) is 0.371. The first-order valence-corrected chi connectivity index (χ1v) is 14.7. The topological polar surface area (TPSA) is 96.6 Å². The second kappa shape index (κ2) is 13.7. The number of likely N-dealkylation sites (tertiary alicyclic amines) is 1. The summed E-state index contributed by atoms with van der Waals surface area (Å²) < 4.78 is 45.4. The van der Waals surface area contributed by atoms with Gasteiger partial charge in [-0.25, -0.2) is 23.3 Å². The van der Waals surface area contributed by atoms with E-state index in [-0.39, 0.29) is 40.8 Å². The maximum absolute atomic E-state index is 13.8. The predicted octanol–water partition coefficient (Wildman–Crippen LogP) is 6.06. The van der Waals surface area contributed by atoms with Gasteiger partial charge in [-0.2, -0.15) is 0 Å². The van der Waals surface area contributed by atoms with Gasteiger partial charge in [0.15, 0.2) is 0 Å². The second-order valence-corrected chi connectivity index (χ2v) is 12.2. The van der Waals surface area contributed by atoms with Gasteiger partial charge in [0.1, 0.15) is 17.4 Å². The molecule has 1 spiro atoms. The molecule has 5 rings (SSSR count). The van der Waals surface area contributed by atoms with Crippen LogP contribution in [0.4, 0.5) is 8.78 Å². The molecule has 0 radical (unpaired) electrons. The molecule has 1 saturated heterocycles. The molecule has 3 aromatic rings. The van der Waals surface area contributed by atoms with Gasteiger partial charge >= 0.3 is 17.8 Å². The molecule has 0 saturated carbocycles. The number of esters is 2. The van der Waals surface area contributed by atoms with E-state index < -0.39 is 17.8 Å². The highest BCUT2D eigenvalue weighted by Crippen LogP contribution is 2.45. The fourth-order valence-corrected chi connectivity index (χ4v) is 5.95. The first-order valence-electron chi connectivity index (χ1n) is 14.7. The number of carbonyl (C=O) groups is 2. The van der Waals surface area contributed by atoms with Gasteiger partial charge in [-0.15, -0.1) is 0 Å². The van der Waals surface area contributed by atoms with E-state index in [1.54, 1.807) is 24.3 Å². The number of nitrogens with zero attached hydrogens (tertiary/aromatic N) is 1. The summed E-state index contributed by atoms with van der Waals surface area (Å²) in [6.45, 7) is 7.80. The molecule has 2 N–H and O–H groups in total. The molecule has 7 nitrogen and oxygen atoms in total. The molecule has 1 unspecified atom stereocenters. The van der Waals surface area contributed by atoms with Crippen molar-refractivity contribution in [2.75, 3.05) is 19.7 Å². The van der Waals surface area contributed by atoms with Crippen LogP contribution in [0.2, 0.25) is 0 Å². The Labute approximate surface area is 256 Å². The average molecular weight is 608 g/mol. The molecule has 234 valence electrons. The van der Waals surface area contributed by atoms with Crippen molar-refractivity contribution < 1.29 is 38.1 Å². The van der Waals surface area contributed by atoms with E-state index in [0.717, 1.165) is 29.0 Å². The Morgan fingerprint density at radius 3 is 1.89 bits per heavy atom. The molecule has 1 atom stereocenters. The van der Waals surface area contributed by atoms with Crippen LogP contribution in [0.5, 0.6) is 5.75 Å². The minimum absolute atomic E-state index is 0. The van der Waals surface area contributed by atoms with E-state index in [9.17, 15) is 18.4 Å². The van der Waals surface area contributed by atoms with Crippen LogP contribution in [-0.2, 0) is 24.5 Å². The zero-order valence-electron chi connectivity index (χ0n) is 25.2. The number of rotatable bonds is 8. The third-order valence-corrected chi connectivity index (χ3v) is 8.14. The summed E-state index contributed by atoms with van der Waals surface area (Å²) in [6, 6.07) is 20.4. The van der Waals surface area contributed by atoms with Gasteiger partial charge in [0.2, 0.25) is 0 Å². The smallest absolute Gasteiger partial charge is 0.335 e. The van der Waals surface area contributed by atoms with E-state index in [4.69, 9.17) is 14.2 Å². The minimum atomic E-state index is -1.63. The normalized spacial score (nSPS) is 18.4. The largest absolute Gasteiger partial charge is 0.494 e. The molecule has 2 heterocycles. The number of hydrogen-bond acceptors (Lipinski definition) is 6. The Balaban J connectivity index is 0.00000442. The summed E-state index contributed by atoms with van der Waals surface area (Å²) in [4.78, 5) is 27.2. The molecule has 2 aliphatic heterocycles. The van der Waals surface area contributed by atoms with Crippen molar-refractivity contribution in [1.82, 2.24) is 4.90 Å². The van der Waals surface area contributed by atoms with E-state index in [1.165, 1.54) is 29.8 Å². The molecule has 9 heteroatoms. The maximum Gasteiger partial charge on any atom is 0.335 e. The fourth-order valence-electron chi connectivity index (χ4n) is 5.95. The Bertz CT molecular complexity index is 1380. The first-order chi connectivity index (χ1) is 20.5. The van der Waals surface area contributed by atoms with Gasteiger partial charge in [-0.1, -0.05) is 57.2 Å². The van der Waals surface area contributed by atoms with Crippen molar-refractivity contribution in [3.63, 3.8) is 0 Å². The zero-order valence-corrected chi connectivity index (χ0v) is 25.2.